The number of hydrogen-bond acceptors (Lipinski definition) is 4. The van der Waals surface area contributed by atoms with Gasteiger partial charge >= 0.3 is 0 Å². The van der Waals surface area contributed by atoms with Gasteiger partial charge in [0, 0.05) is 37.5 Å². The van der Waals surface area contributed by atoms with Crippen molar-refractivity contribution >= 4 is 23.1 Å². The van der Waals surface area contributed by atoms with Crippen molar-refractivity contribution in [2.75, 3.05) is 5.32 Å². The molecule has 0 fully saturated rings. The molecule has 0 aliphatic carbocycles. The van der Waals surface area contributed by atoms with Crippen LogP contribution >= 0.6 is 11.6 Å². The Labute approximate surface area is 132 Å². The van der Waals surface area contributed by atoms with Crippen LogP contribution in [0.4, 0.5) is 5.82 Å². The van der Waals surface area contributed by atoms with E-state index in [-0.39, 0.29) is 5.56 Å². The van der Waals surface area contributed by atoms with Crippen molar-refractivity contribution in [2.45, 2.75) is 19.9 Å². The molecule has 114 valence electrons. The topological polar surface area (TPSA) is 64.2 Å². The molecule has 0 radical (unpaired) electrons. The molecule has 3 heterocycles. The third-order valence-corrected chi connectivity index (χ3v) is 3.73. The second-order valence-electron chi connectivity index (χ2n) is 5.06. The van der Waals surface area contributed by atoms with Crippen LogP contribution in [0.1, 0.15) is 18.1 Å². The van der Waals surface area contributed by atoms with Gasteiger partial charge in [-0.1, -0.05) is 18.5 Å². The Kier molecular flexibility index (Phi) is 3.85. The van der Waals surface area contributed by atoms with Crippen LogP contribution in [0.2, 0.25) is 5.15 Å². The molecule has 3 rings (SSSR count). The molecule has 0 saturated heterocycles. The van der Waals surface area contributed by atoms with Crippen LogP contribution in [0.15, 0.2) is 35.4 Å². The number of aryl methyl sites for hydroxylation is 2. The van der Waals surface area contributed by atoms with Gasteiger partial charge in [-0.25, -0.2) is 4.98 Å². The Balaban J connectivity index is 1.91. The quantitative estimate of drug-likeness (QED) is 0.750. The smallest absolute Gasteiger partial charge is 0.250 e. The summed E-state index contributed by atoms with van der Waals surface area (Å²) < 4.78 is 3.26. The minimum Gasteiger partial charge on any atom is -0.366 e. The number of rotatable bonds is 4. The molecule has 3 aromatic heterocycles. The van der Waals surface area contributed by atoms with Gasteiger partial charge in [-0.05, 0) is 18.1 Å². The molecule has 0 aliphatic heterocycles. The fourth-order valence-corrected chi connectivity index (χ4v) is 2.43. The standard InChI is InChI=1S/C15H16ClN5O/c1-3-11-9-18-21-13(7-12(16)19-15(11)21)17-8-10-4-5-20(2)14(22)6-10/h4-7,9,17H,3,8H2,1-2H3. The fourth-order valence-electron chi connectivity index (χ4n) is 2.25. The van der Waals surface area contributed by atoms with Crippen molar-refractivity contribution in [1.29, 1.82) is 0 Å². The molecule has 0 aliphatic rings. The first-order valence-corrected chi connectivity index (χ1v) is 7.39. The number of fused-ring (bicyclic) bond motifs is 1. The first-order chi connectivity index (χ1) is 10.6. The van der Waals surface area contributed by atoms with Crippen LogP contribution in [-0.2, 0) is 20.0 Å². The van der Waals surface area contributed by atoms with E-state index >= 15 is 0 Å². The molecule has 0 aromatic carbocycles. The summed E-state index contributed by atoms with van der Waals surface area (Å²) in [6, 6.07) is 5.23. The van der Waals surface area contributed by atoms with Crippen LogP contribution in [-0.4, -0.2) is 19.2 Å². The highest BCUT2D eigenvalue weighted by atomic mass is 35.5. The van der Waals surface area contributed by atoms with E-state index in [0.29, 0.717) is 11.7 Å². The van der Waals surface area contributed by atoms with Crippen molar-refractivity contribution in [2.24, 2.45) is 7.05 Å². The zero-order valence-corrected chi connectivity index (χ0v) is 13.1. The predicted molar refractivity (Wildman–Crippen MR) is 86.4 cm³/mol. The summed E-state index contributed by atoms with van der Waals surface area (Å²) in [6.07, 6.45) is 4.38. The van der Waals surface area contributed by atoms with Crippen LogP contribution in [0, 0.1) is 0 Å². The minimum absolute atomic E-state index is 0.0374. The summed E-state index contributed by atoms with van der Waals surface area (Å²) in [5.41, 5.74) is 2.65. The number of anilines is 1. The van der Waals surface area contributed by atoms with Crippen LogP contribution in [0.3, 0.4) is 0 Å². The second-order valence-corrected chi connectivity index (χ2v) is 5.45. The number of nitrogens with one attached hydrogen (secondary N) is 1. The van der Waals surface area contributed by atoms with Crippen molar-refractivity contribution in [3.63, 3.8) is 0 Å². The lowest BCUT2D eigenvalue weighted by atomic mass is 10.2. The fraction of sp³-hybridized carbons (Fsp3) is 0.267. The molecule has 7 heteroatoms. The number of hydrogen-bond donors (Lipinski definition) is 1. The zero-order valence-electron chi connectivity index (χ0n) is 12.4. The Morgan fingerprint density at radius 3 is 2.91 bits per heavy atom. The molecule has 0 bridgehead atoms. The van der Waals surface area contributed by atoms with Gasteiger partial charge in [0.15, 0.2) is 5.65 Å². The van der Waals surface area contributed by atoms with Gasteiger partial charge < -0.3 is 9.88 Å². The van der Waals surface area contributed by atoms with Gasteiger partial charge in [0.25, 0.3) is 5.56 Å². The summed E-state index contributed by atoms with van der Waals surface area (Å²) in [5, 5.41) is 8.01. The highest BCUT2D eigenvalue weighted by Crippen LogP contribution is 2.19. The molecule has 0 unspecified atom stereocenters. The van der Waals surface area contributed by atoms with Crippen molar-refractivity contribution in [1.82, 2.24) is 19.2 Å². The summed E-state index contributed by atoms with van der Waals surface area (Å²) in [7, 11) is 1.72. The highest BCUT2D eigenvalue weighted by molar-refractivity contribution is 6.29. The second kappa shape index (κ2) is 5.81. The molecule has 0 spiro atoms. The molecular formula is C15H16ClN5O. The summed E-state index contributed by atoms with van der Waals surface area (Å²) in [6.45, 7) is 2.55. The first-order valence-electron chi connectivity index (χ1n) is 7.01. The molecule has 3 aromatic rings. The maximum absolute atomic E-state index is 11.6. The van der Waals surface area contributed by atoms with Gasteiger partial charge in [-0.2, -0.15) is 9.61 Å². The highest BCUT2D eigenvalue weighted by Gasteiger charge is 2.09. The Morgan fingerprint density at radius 1 is 1.36 bits per heavy atom. The minimum atomic E-state index is -0.0374. The Bertz CT molecular complexity index is 883. The van der Waals surface area contributed by atoms with Crippen molar-refractivity contribution < 1.29 is 0 Å². The van der Waals surface area contributed by atoms with E-state index in [1.807, 2.05) is 13.0 Å². The molecule has 0 atom stereocenters. The van der Waals surface area contributed by atoms with Crippen LogP contribution in [0.5, 0.6) is 0 Å². The van der Waals surface area contributed by atoms with Gasteiger partial charge in [0.2, 0.25) is 0 Å². The van der Waals surface area contributed by atoms with E-state index in [4.69, 9.17) is 11.6 Å². The summed E-state index contributed by atoms with van der Waals surface area (Å²) >= 11 is 6.09. The summed E-state index contributed by atoms with van der Waals surface area (Å²) in [5.74, 6) is 0.746. The average molecular weight is 318 g/mol. The molecule has 22 heavy (non-hydrogen) atoms. The normalized spacial score (nSPS) is 11.0. The molecular weight excluding hydrogens is 302 g/mol. The van der Waals surface area contributed by atoms with E-state index in [1.54, 1.807) is 36.1 Å². The SMILES string of the molecule is CCc1cnn2c(NCc3ccn(C)c(=O)c3)cc(Cl)nc12. The monoisotopic (exact) mass is 317 g/mol. The van der Waals surface area contributed by atoms with Crippen molar-refractivity contribution in [3.8, 4) is 0 Å². The van der Waals surface area contributed by atoms with Gasteiger partial charge in [0.1, 0.15) is 11.0 Å². The Morgan fingerprint density at radius 2 is 2.18 bits per heavy atom. The lowest BCUT2D eigenvalue weighted by molar-refractivity contribution is 0.849. The average Bonchev–Trinajstić information content (AvgIpc) is 2.91. The van der Waals surface area contributed by atoms with Crippen LogP contribution in [0.25, 0.3) is 5.65 Å². The maximum atomic E-state index is 11.6. The van der Waals surface area contributed by atoms with E-state index in [9.17, 15) is 4.79 Å². The van der Waals surface area contributed by atoms with E-state index in [1.165, 1.54) is 4.57 Å². The largest absolute Gasteiger partial charge is 0.366 e. The van der Waals surface area contributed by atoms with E-state index < -0.39 is 0 Å². The van der Waals surface area contributed by atoms with E-state index in [0.717, 1.165) is 29.0 Å². The van der Waals surface area contributed by atoms with Gasteiger partial charge in [0.05, 0.1) is 6.20 Å². The number of halogens is 1. The molecule has 1 N–H and O–H groups in total. The molecule has 6 nitrogen and oxygen atoms in total. The third kappa shape index (κ3) is 2.69. The number of aromatic nitrogens is 4. The summed E-state index contributed by atoms with van der Waals surface area (Å²) in [4.78, 5) is 16.0. The lowest BCUT2D eigenvalue weighted by Gasteiger charge is -2.09. The van der Waals surface area contributed by atoms with Gasteiger partial charge in [-0.3, -0.25) is 4.79 Å². The zero-order chi connectivity index (χ0) is 15.7. The lowest BCUT2D eigenvalue weighted by Crippen LogP contribution is -2.16. The maximum Gasteiger partial charge on any atom is 0.250 e. The Hall–Kier alpha value is -2.34. The molecule has 0 amide bonds. The van der Waals surface area contributed by atoms with Gasteiger partial charge in [-0.15, -0.1) is 0 Å². The third-order valence-electron chi connectivity index (χ3n) is 3.54. The number of nitrogens with zero attached hydrogens (tertiary/aromatic N) is 4. The number of pyridine rings is 1. The molecule has 0 saturated carbocycles. The van der Waals surface area contributed by atoms with Crippen LogP contribution < -0.4 is 10.9 Å². The van der Waals surface area contributed by atoms with E-state index in [2.05, 4.69) is 15.4 Å². The first kappa shape index (κ1) is 14.6. The predicted octanol–water partition coefficient (Wildman–Crippen LogP) is 2.26. The van der Waals surface area contributed by atoms with Crippen molar-refractivity contribution in [3.05, 3.63) is 57.2 Å².